The van der Waals surface area contributed by atoms with Crippen LogP contribution in [0.1, 0.15) is 39.5 Å². The van der Waals surface area contributed by atoms with E-state index in [1.54, 1.807) is 0 Å². The van der Waals surface area contributed by atoms with Gasteiger partial charge in [-0.15, -0.1) is 0 Å². The molecule has 1 amide bonds. The Morgan fingerprint density at radius 2 is 1.89 bits per heavy atom. The van der Waals surface area contributed by atoms with Crippen LogP contribution in [0.2, 0.25) is 0 Å². The maximum Gasteiger partial charge on any atom is 0.407 e. The monoisotopic (exact) mass is 259 g/mol. The van der Waals surface area contributed by atoms with Crippen molar-refractivity contribution in [2.24, 2.45) is 11.7 Å². The minimum Gasteiger partial charge on any atom is -0.448 e. The van der Waals surface area contributed by atoms with Crippen molar-refractivity contribution in [3.05, 3.63) is 0 Å². The van der Waals surface area contributed by atoms with Crippen molar-refractivity contribution in [2.75, 3.05) is 26.7 Å². The van der Waals surface area contributed by atoms with Crippen LogP contribution < -0.4 is 16.4 Å². The summed E-state index contributed by atoms with van der Waals surface area (Å²) in [6.45, 7) is 6.03. The number of alkyl carbamates (subject to hydrolysis) is 1. The second-order valence-electron chi connectivity index (χ2n) is 4.87. The molecule has 0 unspecified atom stereocenters. The quantitative estimate of drug-likeness (QED) is 0.519. The van der Waals surface area contributed by atoms with Crippen LogP contribution in [-0.4, -0.2) is 38.9 Å². The Bertz CT molecular complexity index is 210. The van der Waals surface area contributed by atoms with E-state index >= 15 is 0 Å². The van der Waals surface area contributed by atoms with Gasteiger partial charge in [0.2, 0.25) is 0 Å². The largest absolute Gasteiger partial charge is 0.448 e. The van der Waals surface area contributed by atoms with Crippen molar-refractivity contribution < 1.29 is 9.53 Å². The number of carbonyl (C=O) groups excluding carboxylic acids is 1. The molecular formula is C13H29N3O2. The topological polar surface area (TPSA) is 76.4 Å². The molecule has 0 spiro atoms. The minimum atomic E-state index is -0.324. The molecule has 0 fully saturated rings. The van der Waals surface area contributed by atoms with E-state index in [9.17, 15) is 4.79 Å². The number of ether oxygens (including phenoxy) is 1. The fourth-order valence-corrected chi connectivity index (χ4v) is 1.64. The summed E-state index contributed by atoms with van der Waals surface area (Å²) in [5.41, 5.74) is 5.40. The second-order valence-corrected chi connectivity index (χ2v) is 4.87. The van der Waals surface area contributed by atoms with Crippen LogP contribution in [0.15, 0.2) is 0 Å². The first-order chi connectivity index (χ1) is 8.61. The lowest BCUT2D eigenvalue weighted by Gasteiger charge is -2.19. The highest BCUT2D eigenvalue weighted by atomic mass is 16.5. The van der Waals surface area contributed by atoms with Crippen LogP contribution in [0.5, 0.6) is 0 Å². The van der Waals surface area contributed by atoms with E-state index in [2.05, 4.69) is 24.5 Å². The van der Waals surface area contributed by atoms with Gasteiger partial charge in [0.1, 0.15) is 6.61 Å². The van der Waals surface area contributed by atoms with E-state index in [0.717, 1.165) is 32.2 Å². The molecule has 5 heteroatoms. The molecule has 1 atom stereocenters. The van der Waals surface area contributed by atoms with Gasteiger partial charge in [-0.1, -0.05) is 26.7 Å². The molecule has 0 radical (unpaired) electrons. The minimum absolute atomic E-state index is 0.209. The fourth-order valence-electron chi connectivity index (χ4n) is 1.64. The highest BCUT2D eigenvalue weighted by Gasteiger charge is 2.13. The zero-order valence-corrected chi connectivity index (χ0v) is 12.0. The Kier molecular flexibility index (Phi) is 10.8. The summed E-state index contributed by atoms with van der Waals surface area (Å²) in [6.07, 6.45) is 3.94. The normalized spacial score (nSPS) is 12.5. The average molecular weight is 259 g/mol. The Morgan fingerprint density at radius 1 is 1.22 bits per heavy atom. The molecule has 0 aliphatic carbocycles. The van der Waals surface area contributed by atoms with Gasteiger partial charge in [-0.25, -0.2) is 4.79 Å². The highest BCUT2D eigenvalue weighted by Crippen LogP contribution is 2.01. The lowest BCUT2D eigenvalue weighted by atomic mass is 10.1. The third-order valence-electron chi connectivity index (χ3n) is 2.97. The van der Waals surface area contributed by atoms with Crippen molar-refractivity contribution in [1.82, 2.24) is 10.6 Å². The molecule has 0 aromatic carbocycles. The Labute approximate surface area is 111 Å². The molecule has 0 aliphatic heterocycles. The van der Waals surface area contributed by atoms with Gasteiger partial charge in [-0.3, -0.25) is 0 Å². The highest BCUT2D eigenvalue weighted by molar-refractivity contribution is 5.67. The number of amides is 1. The van der Waals surface area contributed by atoms with Gasteiger partial charge in [0.15, 0.2) is 0 Å². The summed E-state index contributed by atoms with van der Waals surface area (Å²) < 4.78 is 5.15. The number of carbonyl (C=O) groups is 1. The molecule has 0 heterocycles. The molecule has 0 aromatic heterocycles. The number of unbranched alkanes of at least 4 members (excludes halogenated alkanes) is 3. The first-order valence-corrected chi connectivity index (χ1v) is 6.89. The van der Waals surface area contributed by atoms with Gasteiger partial charge in [0.05, 0.1) is 0 Å². The molecule has 108 valence electrons. The average Bonchev–Trinajstić information content (AvgIpc) is 2.34. The van der Waals surface area contributed by atoms with E-state index in [-0.39, 0.29) is 12.1 Å². The van der Waals surface area contributed by atoms with Gasteiger partial charge in [0, 0.05) is 12.6 Å². The summed E-state index contributed by atoms with van der Waals surface area (Å²) in [5, 5.41) is 5.89. The number of likely N-dealkylation sites (N-methyl/N-ethyl adjacent to an activating group) is 1. The maximum atomic E-state index is 11.4. The molecule has 18 heavy (non-hydrogen) atoms. The molecule has 0 bridgehead atoms. The van der Waals surface area contributed by atoms with Crippen LogP contribution in [0.3, 0.4) is 0 Å². The van der Waals surface area contributed by atoms with Crippen molar-refractivity contribution in [3.63, 3.8) is 0 Å². The van der Waals surface area contributed by atoms with Gasteiger partial charge in [-0.05, 0) is 32.4 Å². The van der Waals surface area contributed by atoms with Crippen molar-refractivity contribution in [2.45, 2.75) is 45.6 Å². The standard InChI is InChI=1S/C13H29N3O2/c1-11(2)12(15-3)10-18-13(17)16-9-7-5-4-6-8-14/h11-12,15H,4-10,14H2,1-3H3,(H,16,17)/t12-/m0/s1. The number of hydrogen-bond donors (Lipinski definition) is 3. The number of nitrogens with one attached hydrogen (secondary N) is 2. The van der Waals surface area contributed by atoms with E-state index in [1.807, 2.05) is 7.05 Å². The van der Waals surface area contributed by atoms with Crippen LogP contribution in [0.25, 0.3) is 0 Å². The zero-order valence-electron chi connectivity index (χ0n) is 12.0. The van der Waals surface area contributed by atoms with E-state index in [4.69, 9.17) is 10.5 Å². The summed E-state index contributed by atoms with van der Waals surface area (Å²) >= 11 is 0. The predicted molar refractivity (Wildman–Crippen MR) is 74.6 cm³/mol. The van der Waals surface area contributed by atoms with Crippen molar-refractivity contribution in [3.8, 4) is 0 Å². The fraction of sp³-hybridized carbons (Fsp3) is 0.923. The molecule has 0 saturated heterocycles. The maximum absolute atomic E-state index is 11.4. The van der Waals surface area contributed by atoms with E-state index in [0.29, 0.717) is 19.1 Å². The van der Waals surface area contributed by atoms with Crippen LogP contribution in [0.4, 0.5) is 4.79 Å². The molecule has 0 aliphatic rings. The third kappa shape index (κ3) is 9.24. The van der Waals surface area contributed by atoms with E-state index < -0.39 is 0 Å². The summed E-state index contributed by atoms with van der Waals surface area (Å²) in [4.78, 5) is 11.4. The first-order valence-electron chi connectivity index (χ1n) is 6.89. The van der Waals surface area contributed by atoms with Crippen molar-refractivity contribution >= 4 is 6.09 Å². The summed E-state index contributed by atoms with van der Waals surface area (Å²) in [5.74, 6) is 0.444. The molecule has 0 saturated carbocycles. The Morgan fingerprint density at radius 3 is 2.44 bits per heavy atom. The molecule has 0 rings (SSSR count). The first kappa shape index (κ1) is 17.2. The summed E-state index contributed by atoms with van der Waals surface area (Å²) in [6, 6.07) is 0.209. The second kappa shape index (κ2) is 11.3. The smallest absolute Gasteiger partial charge is 0.407 e. The van der Waals surface area contributed by atoms with Crippen LogP contribution in [-0.2, 0) is 4.74 Å². The molecular weight excluding hydrogens is 230 g/mol. The summed E-state index contributed by atoms with van der Waals surface area (Å²) in [7, 11) is 1.88. The van der Waals surface area contributed by atoms with Gasteiger partial charge in [-0.2, -0.15) is 0 Å². The Hall–Kier alpha value is -0.810. The SMILES string of the molecule is CN[C@@H](COC(=O)NCCCCCCN)C(C)C. The van der Waals surface area contributed by atoms with Gasteiger partial charge < -0.3 is 21.1 Å². The van der Waals surface area contributed by atoms with E-state index in [1.165, 1.54) is 0 Å². The number of hydrogen-bond acceptors (Lipinski definition) is 4. The number of rotatable bonds is 10. The molecule has 4 N–H and O–H groups in total. The molecule has 0 aromatic rings. The van der Waals surface area contributed by atoms with Crippen molar-refractivity contribution in [1.29, 1.82) is 0 Å². The lowest BCUT2D eigenvalue weighted by molar-refractivity contribution is 0.126. The number of nitrogens with two attached hydrogens (primary N) is 1. The third-order valence-corrected chi connectivity index (χ3v) is 2.97. The lowest BCUT2D eigenvalue weighted by Crippen LogP contribution is -2.38. The zero-order chi connectivity index (χ0) is 13.8. The predicted octanol–water partition coefficient (Wildman–Crippen LogP) is 1.48. The van der Waals surface area contributed by atoms with Gasteiger partial charge >= 0.3 is 6.09 Å². The molecule has 5 nitrogen and oxygen atoms in total. The van der Waals surface area contributed by atoms with Gasteiger partial charge in [0.25, 0.3) is 0 Å². The van der Waals surface area contributed by atoms with Crippen LogP contribution in [0, 0.1) is 5.92 Å². The Balaban J connectivity index is 3.47. The van der Waals surface area contributed by atoms with Crippen LogP contribution >= 0.6 is 0 Å².